The second kappa shape index (κ2) is 646. The fourth-order valence-corrected chi connectivity index (χ4v) is 0. The van der Waals surface area contributed by atoms with Crippen LogP contribution in [0.15, 0.2) is 0 Å². The molecule has 0 aromatic heterocycles. The average Bonchev–Trinajstić information content (AvgIpc) is 2.03. The number of nitrogens with zero attached hydrogens (tertiary/aromatic N) is 1. The minimum absolute atomic E-state index is 0. The van der Waals surface area contributed by atoms with Gasteiger partial charge in [-0.3, -0.25) is 0 Å². The molecule has 0 aliphatic carbocycles. The summed E-state index contributed by atoms with van der Waals surface area (Å²) in [5.74, 6) is 0. The maximum Gasteiger partial charge on any atom is 0 e. The molecular weight excluding hydrogens is 173 g/mol. The van der Waals surface area contributed by atoms with Gasteiger partial charge in [0.1, 0.15) is 0 Å². The molecule has 0 saturated carbocycles. The molecular formula is C3CoNO4-. The third-order valence-electron chi connectivity index (χ3n) is 0. The van der Waals surface area contributed by atoms with E-state index in [9.17, 15) is 0 Å². The molecule has 9 heavy (non-hydrogen) atoms. The van der Waals surface area contributed by atoms with E-state index in [4.69, 9.17) is 24.5 Å². The molecule has 51 valence electrons. The first-order chi connectivity index (χ1) is 4.00. The Morgan fingerprint density at radius 3 is 0.778 bits per heavy atom. The van der Waals surface area contributed by atoms with Gasteiger partial charge in [0.25, 0.3) is 0 Å². The van der Waals surface area contributed by atoms with Gasteiger partial charge in [0, 0.05) is 16.8 Å². The Hall–Kier alpha value is -0.674. The van der Waals surface area contributed by atoms with Crippen molar-refractivity contribution in [2.24, 2.45) is 0 Å². The van der Waals surface area contributed by atoms with E-state index in [0.717, 1.165) is 0 Å². The van der Waals surface area contributed by atoms with Gasteiger partial charge < -0.3 is 10.5 Å². The maximum absolute atomic E-state index is 7.50. The van der Waals surface area contributed by atoms with Gasteiger partial charge in [0.05, 0.1) is 0 Å². The molecule has 0 rings (SSSR count). The molecule has 0 aromatic carbocycles. The van der Waals surface area contributed by atoms with E-state index in [1.54, 1.807) is 0 Å². The Morgan fingerprint density at radius 1 is 0.778 bits per heavy atom. The summed E-state index contributed by atoms with van der Waals surface area (Å²) in [7, 11) is 0. The molecule has 5 nitrogen and oxygen atoms in total. The van der Waals surface area contributed by atoms with Crippen LogP contribution in [-0.4, -0.2) is 0 Å². The fraction of sp³-hybridized carbons (Fsp3) is 0. The minimum atomic E-state index is 0. The summed E-state index contributed by atoms with van der Waals surface area (Å²) in [6, 6.07) is 0. The summed E-state index contributed by atoms with van der Waals surface area (Å²) in [4.78, 5) is 7.25. The van der Waals surface area contributed by atoms with Crippen LogP contribution in [0.2, 0.25) is 0 Å². The van der Waals surface area contributed by atoms with Crippen LogP contribution in [0, 0.1) is 24.9 Å². The van der Waals surface area contributed by atoms with Crippen LogP contribution in [-0.2, 0) is 30.7 Å². The second-order valence-corrected chi connectivity index (χ2v) is 0. The monoisotopic (exact) mass is 173 g/mol. The van der Waals surface area contributed by atoms with E-state index < -0.39 is 0 Å². The van der Waals surface area contributed by atoms with Crippen molar-refractivity contribution >= 4 is 0 Å². The van der Waals surface area contributed by atoms with Crippen molar-refractivity contribution in [3.63, 3.8) is 0 Å². The number of hydrogen-bond acceptors (Lipinski definition) is 1. The summed E-state index contributed by atoms with van der Waals surface area (Å²) in [5.41, 5.74) is 5.75. The topological polar surface area (TPSA) is 99.1 Å². The molecule has 1 radical (unpaired) electrons. The number of nitroso groups, excluding NO2 is 1. The van der Waals surface area contributed by atoms with Crippen molar-refractivity contribution in [2.75, 3.05) is 0 Å². The van der Waals surface area contributed by atoms with Crippen LogP contribution in [0.4, 0.5) is 0 Å². The normalized spacial score (nSPS) is 1.11. The number of hydrogen-bond donors (Lipinski definition) is 0. The summed E-state index contributed by atoms with van der Waals surface area (Å²) in [6.45, 7) is 13.5. The quantitative estimate of drug-likeness (QED) is 0.379. The number of rotatable bonds is 0. The van der Waals surface area contributed by atoms with Crippen molar-refractivity contribution in [3.05, 3.63) is 30.5 Å². The molecule has 0 spiro atoms. The predicted molar refractivity (Wildman–Crippen MR) is 18.5 cm³/mol. The van der Waals surface area contributed by atoms with E-state index in [-0.39, 0.29) is 16.8 Å². The van der Waals surface area contributed by atoms with Crippen molar-refractivity contribution < 1.29 is 30.7 Å². The Morgan fingerprint density at radius 2 is 0.778 bits per heavy atom. The van der Waals surface area contributed by atoms with Gasteiger partial charge in [-0.25, -0.2) is 0 Å². The van der Waals surface area contributed by atoms with E-state index >= 15 is 0 Å². The SMILES string of the molecule is [C-]#[O+].[C-]#[O+].[C-]#[O+].[Co].[N-]=O. The minimum Gasteiger partial charge on any atom is -0.577 e. The van der Waals surface area contributed by atoms with Gasteiger partial charge in [-0.1, -0.05) is 0 Å². The molecule has 0 atom stereocenters. The van der Waals surface area contributed by atoms with Crippen LogP contribution in [0.5, 0.6) is 0 Å². The third-order valence-corrected chi connectivity index (χ3v) is 0. The molecule has 0 amide bonds. The van der Waals surface area contributed by atoms with Crippen molar-refractivity contribution in [3.8, 4) is 0 Å². The van der Waals surface area contributed by atoms with Crippen molar-refractivity contribution in [1.29, 1.82) is 0 Å². The zero-order valence-corrected chi connectivity index (χ0v) is 4.95. The van der Waals surface area contributed by atoms with E-state index in [2.05, 4.69) is 20.0 Å². The first-order valence-electron chi connectivity index (χ1n) is 0.795. The summed E-state index contributed by atoms with van der Waals surface area (Å²) < 4.78 is 22.5. The largest absolute Gasteiger partial charge is 0.577 e. The molecule has 0 N–H and O–H groups in total. The molecule has 0 bridgehead atoms. The average molecular weight is 173 g/mol. The van der Waals surface area contributed by atoms with E-state index in [1.807, 2.05) is 0 Å². The first kappa shape index (κ1) is 40.4. The third kappa shape index (κ3) is 458. The molecule has 0 saturated heterocycles. The zero-order chi connectivity index (χ0) is 8.00. The van der Waals surface area contributed by atoms with Gasteiger partial charge in [-0.05, 0) is 0 Å². The van der Waals surface area contributed by atoms with E-state index in [0.29, 0.717) is 0 Å². The molecule has 6 heteroatoms. The van der Waals surface area contributed by atoms with Gasteiger partial charge in [-0.2, -0.15) is 0 Å². The molecule has 0 heterocycles. The van der Waals surface area contributed by atoms with Crippen molar-refractivity contribution in [2.45, 2.75) is 0 Å². The van der Waals surface area contributed by atoms with Crippen molar-refractivity contribution in [1.82, 2.24) is 0 Å². The predicted octanol–water partition coefficient (Wildman–Crippen LogP) is 0.207. The Balaban J connectivity index is -0.00000000762. The maximum atomic E-state index is 7.50. The van der Waals surface area contributed by atoms with Crippen LogP contribution in [0.3, 0.4) is 0 Å². The molecule has 0 aromatic rings. The summed E-state index contributed by atoms with van der Waals surface area (Å²) >= 11 is 0. The smallest absolute Gasteiger partial charge is 0 e. The first-order valence-corrected chi connectivity index (χ1v) is 0.795. The van der Waals surface area contributed by atoms with Crippen LogP contribution in [0.1, 0.15) is 0 Å². The molecule has 0 unspecified atom stereocenters. The Labute approximate surface area is 61.9 Å². The summed E-state index contributed by atoms with van der Waals surface area (Å²) in [5, 5.41) is 0. The molecule has 0 aliphatic rings. The molecule has 0 fully saturated rings. The van der Waals surface area contributed by atoms with Crippen LogP contribution in [0.25, 0.3) is 5.59 Å². The zero-order valence-electron chi connectivity index (χ0n) is 3.91. The van der Waals surface area contributed by atoms with Crippen LogP contribution < -0.4 is 0 Å². The van der Waals surface area contributed by atoms with Gasteiger partial charge >= 0.3 is 33.9 Å². The Bertz CT molecular complexity index is 53.7. The molecule has 0 aliphatic heterocycles. The van der Waals surface area contributed by atoms with Gasteiger partial charge in [-0.15, -0.1) is 0 Å². The Kier molecular flexibility index (Phi) is 2900. The van der Waals surface area contributed by atoms with Gasteiger partial charge in [0.15, 0.2) is 0 Å². The van der Waals surface area contributed by atoms with Gasteiger partial charge in [0.2, 0.25) is 0 Å². The standard InChI is InChI=1S/3CO.Co.NO/c3*1-2;;1-2/q;;;;-1. The van der Waals surface area contributed by atoms with E-state index in [1.165, 1.54) is 0 Å². The van der Waals surface area contributed by atoms with Crippen LogP contribution >= 0.6 is 0 Å². The second-order valence-electron chi connectivity index (χ2n) is 0. The fourth-order valence-electron chi connectivity index (χ4n) is 0. The summed E-state index contributed by atoms with van der Waals surface area (Å²) in [6.07, 6.45) is 0.